The molecule has 0 atom stereocenters. The van der Waals surface area contributed by atoms with Crippen molar-refractivity contribution in [1.82, 2.24) is 10.6 Å². The van der Waals surface area contributed by atoms with Crippen molar-refractivity contribution < 1.29 is 9.59 Å². The van der Waals surface area contributed by atoms with Crippen LogP contribution in [0.15, 0.2) is 18.2 Å². The molecule has 2 rings (SSSR count). The van der Waals surface area contributed by atoms with Gasteiger partial charge in [-0.1, -0.05) is 12.1 Å². The topological polar surface area (TPSA) is 61.4 Å². The van der Waals surface area contributed by atoms with Gasteiger partial charge >= 0.3 is 6.03 Å². The van der Waals surface area contributed by atoms with E-state index in [4.69, 9.17) is 0 Å². The first-order valence-corrected chi connectivity index (χ1v) is 5.95. The molecule has 1 heterocycles. The van der Waals surface area contributed by atoms with E-state index in [1.807, 2.05) is 18.2 Å². The molecule has 0 saturated carbocycles. The zero-order valence-corrected chi connectivity index (χ0v) is 10.6. The monoisotopic (exact) mass is 247 g/mol. The lowest BCUT2D eigenvalue weighted by atomic mass is 10.1. The maximum atomic E-state index is 11.5. The molecule has 5 nitrogen and oxygen atoms in total. The number of benzene rings is 1. The van der Waals surface area contributed by atoms with Crippen LogP contribution in [0.5, 0.6) is 0 Å². The average Bonchev–Trinajstić information content (AvgIpc) is 2.64. The highest BCUT2D eigenvalue weighted by molar-refractivity contribution is 6.00. The normalized spacial score (nSPS) is 13.4. The second-order valence-corrected chi connectivity index (χ2v) is 4.35. The number of nitrogens with one attached hydrogen (secondary N) is 2. The molecule has 1 aliphatic rings. The molecule has 96 valence electrons. The first kappa shape index (κ1) is 12.4. The van der Waals surface area contributed by atoms with Crippen molar-refractivity contribution >= 4 is 17.6 Å². The van der Waals surface area contributed by atoms with Crippen LogP contribution in [0.25, 0.3) is 0 Å². The number of fused-ring (bicyclic) bond motifs is 1. The summed E-state index contributed by atoms with van der Waals surface area (Å²) < 4.78 is 0. The summed E-state index contributed by atoms with van der Waals surface area (Å²) in [7, 11) is 3.38. The minimum atomic E-state index is -0.175. The van der Waals surface area contributed by atoms with E-state index in [1.165, 1.54) is 0 Å². The Morgan fingerprint density at radius 1 is 1.44 bits per heavy atom. The number of amides is 3. The van der Waals surface area contributed by atoms with Crippen LogP contribution >= 0.6 is 0 Å². The lowest BCUT2D eigenvalue weighted by Gasteiger charge is -2.10. The summed E-state index contributed by atoms with van der Waals surface area (Å²) >= 11 is 0. The van der Waals surface area contributed by atoms with Crippen LogP contribution in [0, 0.1) is 0 Å². The zero-order valence-electron chi connectivity index (χ0n) is 10.6. The van der Waals surface area contributed by atoms with Crippen LogP contribution < -0.4 is 15.5 Å². The molecule has 2 N–H and O–H groups in total. The fraction of sp³-hybridized carbons (Fsp3) is 0.385. The summed E-state index contributed by atoms with van der Waals surface area (Å²) in [5.74, 6) is 0.130. The first-order chi connectivity index (χ1) is 8.61. The molecule has 0 saturated heterocycles. The van der Waals surface area contributed by atoms with Gasteiger partial charge < -0.3 is 15.5 Å². The molecule has 0 bridgehead atoms. The Hall–Kier alpha value is -2.04. The van der Waals surface area contributed by atoms with Crippen LogP contribution in [0.2, 0.25) is 0 Å². The molecule has 3 amide bonds. The zero-order chi connectivity index (χ0) is 13.1. The van der Waals surface area contributed by atoms with Gasteiger partial charge in [-0.3, -0.25) is 4.79 Å². The smallest absolute Gasteiger partial charge is 0.314 e. The van der Waals surface area contributed by atoms with E-state index in [0.717, 1.165) is 23.2 Å². The van der Waals surface area contributed by atoms with E-state index in [1.54, 1.807) is 19.0 Å². The highest BCUT2D eigenvalue weighted by Crippen LogP contribution is 2.28. The fourth-order valence-corrected chi connectivity index (χ4v) is 2.09. The number of nitrogens with zero attached hydrogens (tertiary/aromatic N) is 1. The van der Waals surface area contributed by atoms with Gasteiger partial charge in [0.2, 0.25) is 5.91 Å². The molecule has 0 unspecified atom stereocenters. The van der Waals surface area contributed by atoms with Crippen molar-refractivity contribution in [2.24, 2.45) is 0 Å². The Labute approximate surface area is 106 Å². The van der Waals surface area contributed by atoms with Gasteiger partial charge in [0, 0.05) is 26.3 Å². The number of rotatable bonds is 3. The summed E-state index contributed by atoms with van der Waals surface area (Å²) in [6, 6.07) is 5.84. The molecule has 0 spiro atoms. The third kappa shape index (κ3) is 2.45. The van der Waals surface area contributed by atoms with Crippen LogP contribution in [0.4, 0.5) is 10.5 Å². The Kier molecular flexibility index (Phi) is 3.50. The minimum absolute atomic E-state index is 0.130. The number of urea groups is 1. The quantitative estimate of drug-likeness (QED) is 0.825. The molecular weight excluding hydrogens is 230 g/mol. The first-order valence-electron chi connectivity index (χ1n) is 5.95. The van der Waals surface area contributed by atoms with Crippen molar-refractivity contribution in [1.29, 1.82) is 0 Å². The predicted octanol–water partition coefficient (Wildman–Crippen LogP) is 0.677. The predicted molar refractivity (Wildman–Crippen MR) is 69.7 cm³/mol. The Morgan fingerprint density at radius 3 is 2.94 bits per heavy atom. The summed E-state index contributed by atoms with van der Waals surface area (Å²) in [4.78, 5) is 24.2. The molecule has 5 heteroatoms. The standard InChI is InChI=1S/C13H17N3O2/c1-14-13(18)15-6-5-9-3-4-11-10(7-9)8-12(17)16(11)2/h3-4,7H,5-6,8H2,1-2H3,(H2,14,15,18). The molecule has 1 aliphatic heterocycles. The van der Waals surface area contributed by atoms with E-state index in [0.29, 0.717) is 13.0 Å². The van der Waals surface area contributed by atoms with E-state index in [9.17, 15) is 9.59 Å². The number of hydrogen-bond donors (Lipinski definition) is 2. The van der Waals surface area contributed by atoms with Gasteiger partial charge in [-0.2, -0.15) is 0 Å². The van der Waals surface area contributed by atoms with Gasteiger partial charge in [-0.15, -0.1) is 0 Å². The van der Waals surface area contributed by atoms with Gasteiger partial charge in [0.1, 0.15) is 0 Å². The molecule has 1 aromatic rings. The molecule has 0 fully saturated rings. The van der Waals surface area contributed by atoms with Crippen LogP contribution in [-0.2, 0) is 17.6 Å². The highest BCUT2D eigenvalue weighted by atomic mass is 16.2. The lowest BCUT2D eigenvalue weighted by Crippen LogP contribution is -2.33. The Morgan fingerprint density at radius 2 is 2.22 bits per heavy atom. The highest BCUT2D eigenvalue weighted by Gasteiger charge is 2.23. The van der Waals surface area contributed by atoms with E-state index in [-0.39, 0.29) is 11.9 Å². The van der Waals surface area contributed by atoms with Crippen LogP contribution in [0.1, 0.15) is 11.1 Å². The van der Waals surface area contributed by atoms with Crippen molar-refractivity contribution in [3.8, 4) is 0 Å². The fourth-order valence-electron chi connectivity index (χ4n) is 2.09. The van der Waals surface area contributed by atoms with E-state index >= 15 is 0 Å². The third-order valence-corrected chi connectivity index (χ3v) is 3.15. The number of carbonyl (C=O) groups excluding carboxylic acids is 2. The Bertz CT molecular complexity index is 485. The van der Waals surface area contributed by atoms with Gasteiger partial charge in [0.25, 0.3) is 0 Å². The van der Waals surface area contributed by atoms with E-state index < -0.39 is 0 Å². The maximum Gasteiger partial charge on any atom is 0.314 e. The number of anilines is 1. The average molecular weight is 247 g/mol. The molecular formula is C13H17N3O2. The van der Waals surface area contributed by atoms with Gasteiger partial charge in [0.15, 0.2) is 0 Å². The third-order valence-electron chi connectivity index (χ3n) is 3.15. The molecule has 0 aromatic heterocycles. The van der Waals surface area contributed by atoms with Crippen LogP contribution in [-0.4, -0.2) is 32.6 Å². The van der Waals surface area contributed by atoms with Crippen molar-refractivity contribution in [3.63, 3.8) is 0 Å². The summed E-state index contributed by atoms with van der Waals surface area (Å²) in [6.07, 6.45) is 1.24. The summed E-state index contributed by atoms with van der Waals surface area (Å²) in [5, 5.41) is 5.24. The van der Waals surface area contributed by atoms with Gasteiger partial charge in [-0.05, 0) is 23.6 Å². The number of likely N-dealkylation sites (N-methyl/N-ethyl adjacent to an activating group) is 1. The van der Waals surface area contributed by atoms with Crippen LogP contribution in [0.3, 0.4) is 0 Å². The van der Waals surface area contributed by atoms with Gasteiger partial charge in [0.05, 0.1) is 6.42 Å². The van der Waals surface area contributed by atoms with E-state index in [2.05, 4.69) is 10.6 Å². The van der Waals surface area contributed by atoms with Crippen molar-refractivity contribution in [2.75, 3.05) is 25.5 Å². The second-order valence-electron chi connectivity index (χ2n) is 4.35. The second kappa shape index (κ2) is 5.08. The number of hydrogen-bond acceptors (Lipinski definition) is 2. The lowest BCUT2D eigenvalue weighted by molar-refractivity contribution is -0.117. The minimum Gasteiger partial charge on any atom is -0.341 e. The molecule has 0 aliphatic carbocycles. The summed E-state index contributed by atoms with van der Waals surface area (Å²) in [5.41, 5.74) is 3.19. The molecule has 0 radical (unpaired) electrons. The number of carbonyl (C=O) groups is 2. The molecule has 1 aromatic carbocycles. The Balaban J connectivity index is 1.98. The SMILES string of the molecule is CNC(=O)NCCc1ccc2c(c1)CC(=O)N2C. The molecule has 18 heavy (non-hydrogen) atoms. The maximum absolute atomic E-state index is 11.5. The van der Waals surface area contributed by atoms with Crippen molar-refractivity contribution in [2.45, 2.75) is 12.8 Å². The van der Waals surface area contributed by atoms with Crippen molar-refractivity contribution in [3.05, 3.63) is 29.3 Å². The summed E-state index contributed by atoms with van der Waals surface area (Å²) in [6.45, 7) is 0.586. The largest absolute Gasteiger partial charge is 0.341 e. The van der Waals surface area contributed by atoms with Gasteiger partial charge in [-0.25, -0.2) is 4.79 Å².